The number of benzene rings is 2. The number of aromatic nitrogens is 1. The highest BCUT2D eigenvalue weighted by molar-refractivity contribution is 5.74. The van der Waals surface area contributed by atoms with Crippen LogP contribution in [0.2, 0.25) is 0 Å². The number of nitrogens with zero attached hydrogens (tertiary/aromatic N) is 1. The molecule has 0 saturated heterocycles. The molecular weight excluding hydrogens is 355 g/mol. The molecule has 4 rings (SSSR count). The van der Waals surface area contributed by atoms with Crippen LogP contribution >= 0.6 is 0 Å². The monoisotopic (exact) mass is 380 g/mol. The molecule has 0 radical (unpaired) electrons. The number of ether oxygens (including phenoxy) is 1. The van der Waals surface area contributed by atoms with Gasteiger partial charge in [0.2, 0.25) is 0 Å². The highest BCUT2D eigenvalue weighted by atomic mass is 19.1. The normalized spacial score (nSPS) is 20.4. The maximum absolute atomic E-state index is 12.6. The molecule has 28 heavy (non-hydrogen) atoms. The molecule has 0 spiro atoms. The van der Waals surface area contributed by atoms with Gasteiger partial charge in [0.15, 0.2) is 11.5 Å². The predicted octanol–water partition coefficient (Wildman–Crippen LogP) is 5.46. The molecule has 146 valence electrons. The number of hydrogen-bond donors (Lipinski definition) is 1. The highest BCUT2D eigenvalue weighted by Crippen LogP contribution is 2.41. The zero-order valence-corrected chi connectivity index (χ0v) is 15.8. The molecule has 1 heterocycles. The van der Waals surface area contributed by atoms with E-state index in [9.17, 15) is 4.39 Å². The second kappa shape index (κ2) is 8.57. The fourth-order valence-corrected chi connectivity index (χ4v) is 3.90. The first-order valence-corrected chi connectivity index (χ1v) is 9.83. The third-order valence-electron chi connectivity index (χ3n) is 5.56. The first-order valence-electron chi connectivity index (χ1n) is 9.83. The Morgan fingerprint density at radius 3 is 2.57 bits per heavy atom. The topological polar surface area (TPSA) is 61.3 Å². The molecule has 1 aliphatic carbocycles. The van der Waals surface area contributed by atoms with Gasteiger partial charge < -0.3 is 14.9 Å². The molecule has 2 N–H and O–H groups in total. The van der Waals surface area contributed by atoms with E-state index in [4.69, 9.17) is 14.9 Å². The third-order valence-corrected chi connectivity index (χ3v) is 5.56. The van der Waals surface area contributed by atoms with Gasteiger partial charge in [-0.2, -0.15) is 0 Å². The van der Waals surface area contributed by atoms with Crippen LogP contribution in [0.25, 0.3) is 11.1 Å². The first-order chi connectivity index (χ1) is 13.8. The average Bonchev–Trinajstić information content (AvgIpc) is 3.19. The maximum atomic E-state index is 12.6. The van der Waals surface area contributed by atoms with E-state index in [0.29, 0.717) is 35.1 Å². The molecule has 1 aliphatic rings. The second-order valence-electron chi connectivity index (χ2n) is 7.40. The van der Waals surface area contributed by atoms with E-state index in [1.165, 1.54) is 5.56 Å². The zero-order chi connectivity index (χ0) is 19.3. The molecule has 5 heteroatoms. The molecule has 3 aromatic rings. The van der Waals surface area contributed by atoms with Gasteiger partial charge in [0.25, 0.3) is 0 Å². The molecule has 0 aliphatic heterocycles. The minimum absolute atomic E-state index is 0.128. The van der Waals surface area contributed by atoms with Crippen LogP contribution in [-0.4, -0.2) is 18.1 Å². The van der Waals surface area contributed by atoms with Crippen molar-refractivity contribution in [1.82, 2.24) is 4.98 Å². The summed E-state index contributed by atoms with van der Waals surface area (Å²) in [5, 5.41) is 0. The van der Waals surface area contributed by atoms with Crippen LogP contribution < -0.4 is 10.5 Å². The van der Waals surface area contributed by atoms with Gasteiger partial charge in [0.1, 0.15) is 17.9 Å². The van der Waals surface area contributed by atoms with Crippen molar-refractivity contribution in [2.75, 3.05) is 13.2 Å². The van der Waals surface area contributed by atoms with Crippen molar-refractivity contribution in [1.29, 1.82) is 0 Å². The quantitative estimate of drug-likeness (QED) is 0.617. The van der Waals surface area contributed by atoms with E-state index >= 15 is 0 Å². The molecule has 2 aromatic carbocycles. The summed E-state index contributed by atoms with van der Waals surface area (Å²) in [4.78, 5) is 4.69. The van der Waals surface area contributed by atoms with Gasteiger partial charge in [-0.05, 0) is 49.3 Å². The Kier molecular flexibility index (Phi) is 5.72. The lowest BCUT2D eigenvalue weighted by atomic mass is 9.79. The molecule has 0 unspecified atom stereocenters. The Labute approximate surface area is 164 Å². The Hall–Kier alpha value is -2.66. The van der Waals surface area contributed by atoms with Crippen LogP contribution in [0.4, 0.5) is 4.39 Å². The number of oxazole rings is 1. The molecule has 1 fully saturated rings. The van der Waals surface area contributed by atoms with Crippen LogP contribution in [-0.2, 0) is 0 Å². The number of nitrogens with two attached hydrogens (primary N) is 1. The van der Waals surface area contributed by atoms with E-state index in [0.717, 1.165) is 37.1 Å². The van der Waals surface area contributed by atoms with Crippen molar-refractivity contribution < 1.29 is 13.5 Å². The van der Waals surface area contributed by atoms with Crippen LogP contribution in [0.5, 0.6) is 5.75 Å². The van der Waals surface area contributed by atoms with Gasteiger partial charge in [-0.25, -0.2) is 9.37 Å². The zero-order valence-electron chi connectivity index (χ0n) is 15.8. The largest absolute Gasteiger partial charge is 0.489 e. The van der Waals surface area contributed by atoms with Crippen molar-refractivity contribution in [3.63, 3.8) is 0 Å². The Bertz CT molecular complexity index is 944. The molecule has 1 aromatic heterocycles. The summed E-state index contributed by atoms with van der Waals surface area (Å²) in [5.74, 6) is 2.41. The Morgan fingerprint density at radius 2 is 1.86 bits per heavy atom. The number of hydrogen-bond acceptors (Lipinski definition) is 4. The summed E-state index contributed by atoms with van der Waals surface area (Å²) in [6.45, 7) is 0.264. The fraction of sp³-hybridized carbons (Fsp3) is 0.348. The average molecular weight is 380 g/mol. The van der Waals surface area contributed by atoms with Crippen LogP contribution in [0, 0.1) is 0 Å². The highest BCUT2D eigenvalue weighted by Gasteiger charge is 2.26. The molecule has 1 saturated carbocycles. The molecule has 0 bridgehead atoms. The lowest BCUT2D eigenvalue weighted by Crippen LogP contribution is -2.12. The smallest absolute Gasteiger partial charge is 0.198 e. The van der Waals surface area contributed by atoms with E-state index in [1.807, 2.05) is 18.2 Å². The summed E-state index contributed by atoms with van der Waals surface area (Å²) >= 11 is 0. The van der Waals surface area contributed by atoms with E-state index < -0.39 is 0 Å². The Balaban J connectivity index is 1.42. The lowest BCUT2D eigenvalue weighted by Gasteiger charge is -2.27. The predicted molar refractivity (Wildman–Crippen MR) is 108 cm³/mol. The van der Waals surface area contributed by atoms with Gasteiger partial charge in [-0.15, -0.1) is 0 Å². The van der Waals surface area contributed by atoms with Gasteiger partial charge in [-0.1, -0.05) is 30.3 Å². The van der Waals surface area contributed by atoms with Gasteiger partial charge in [0.05, 0.1) is 6.33 Å². The summed E-state index contributed by atoms with van der Waals surface area (Å²) in [6, 6.07) is 16.3. The minimum Gasteiger partial charge on any atom is -0.489 e. The summed E-state index contributed by atoms with van der Waals surface area (Å²) in [6.07, 6.45) is 4.96. The second-order valence-corrected chi connectivity index (χ2v) is 7.40. The van der Waals surface area contributed by atoms with Crippen molar-refractivity contribution in [2.24, 2.45) is 5.73 Å². The van der Waals surface area contributed by atoms with Crippen LogP contribution in [0.3, 0.4) is 0 Å². The summed E-state index contributed by atoms with van der Waals surface area (Å²) in [5.41, 5.74) is 8.83. The van der Waals surface area contributed by atoms with Crippen molar-refractivity contribution >= 4 is 11.1 Å². The van der Waals surface area contributed by atoms with E-state index in [2.05, 4.69) is 35.3 Å². The Morgan fingerprint density at radius 1 is 1.11 bits per heavy atom. The number of fused-ring (bicyclic) bond motifs is 1. The van der Waals surface area contributed by atoms with Crippen molar-refractivity contribution in [2.45, 2.75) is 37.5 Å². The van der Waals surface area contributed by atoms with Gasteiger partial charge in [0, 0.05) is 24.1 Å². The number of halogens is 1. The van der Waals surface area contributed by atoms with Gasteiger partial charge >= 0.3 is 0 Å². The van der Waals surface area contributed by atoms with Crippen molar-refractivity contribution in [3.05, 3.63) is 71.9 Å². The SMILES string of the molecule is NC/C(=C\F)COc1ccc2nc(C3CCC(c4ccccc4)CC3)oc2c1. The summed E-state index contributed by atoms with van der Waals surface area (Å²) < 4.78 is 24.3. The minimum atomic E-state index is 0.128. The fourth-order valence-electron chi connectivity index (χ4n) is 3.90. The molecular formula is C23H25FN2O2. The molecule has 0 amide bonds. The maximum Gasteiger partial charge on any atom is 0.198 e. The van der Waals surface area contributed by atoms with Crippen molar-refractivity contribution in [3.8, 4) is 5.75 Å². The van der Waals surface area contributed by atoms with Crippen LogP contribution in [0.15, 0.2) is 64.9 Å². The molecule has 4 nitrogen and oxygen atoms in total. The van der Waals surface area contributed by atoms with Crippen LogP contribution in [0.1, 0.15) is 49.0 Å². The first kappa shape index (κ1) is 18.7. The standard InChI is InChI=1S/C23H25FN2O2/c24-13-16(14-25)15-27-20-10-11-21-22(12-20)28-23(26-21)19-8-6-18(7-9-19)17-4-2-1-3-5-17/h1-5,10-13,18-19H,6-9,14-15,25H2/b16-13+. The summed E-state index contributed by atoms with van der Waals surface area (Å²) in [7, 11) is 0. The number of rotatable bonds is 6. The third kappa shape index (κ3) is 4.09. The van der Waals surface area contributed by atoms with Gasteiger partial charge in [-0.3, -0.25) is 0 Å². The van der Waals surface area contributed by atoms with E-state index in [-0.39, 0.29) is 13.2 Å². The lowest BCUT2D eigenvalue weighted by molar-refractivity contribution is 0.342. The molecule has 0 atom stereocenters. The van der Waals surface area contributed by atoms with E-state index in [1.54, 1.807) is 0 Å².